The molecular formula is C8H7N5O2S. The van der Waals surface area contributed by atoms with Crippen LogP contribution in [0.2, 0.25) is 0 Å². The van der Waals surface area contributed by atoms with Crippen LogP contribution in [0.1, 0.15) is 0 Å². The first-order chi connectivity index (χ1) is 7.66. The Labute approximate surface area is 94.2 Å². The van der Waals surface area contributed by atoms with E-state index in [0.29, 0.717) is 5.16 Å². The number of hydrogen-bond donors (Lipinski definition) is 2. The lowest BCUT2D eigenvalue weighted by Crippen LogP contribution is -1.95. The van der Waals surface area contributed by atoms with Gasteiger partial charge in [-0.15, -0.1) is 5.10 Å². The summed E-state index contributed by atoms with van der Waals surface area (Å²) in [5.74, 6) is 0. The number of nitro benzene ring substituents is 1. The van der Waals surface area contributed by atoms with Crippen molar-refractivity contribution >= 4 is 23.1 Å². The van der Waals surface area contributed by atoms with Crippen molar-refractivity contribution in [2.45, 2.75) is 10.1 Å². The minimum atomic E-state index is -0.517. The summed E-state index contributed by atoms with van der Waals surface area (Å²) in [5.41, 5.74) is 5.58. The molecule has 2 rings (SSSR count). The lowest BCUT2D eigenvalue weighted by molar-refractivity contribution is -0.383. The highest BCUT2D eigenvalue weighted by molar-refractivity contribution is 7.99. The molecule has 0 unspecified atom stereocenters. The van der Waals surface area contributed by atoms with E-state index in [1.54, 1.807) is 6.07 Å². The van der Waals surface area contributed by atoms with Gasteiger partial charge < -0.3 is 5.73 Å². The van der Waals surface area contributed by atoms with E-state index in [2.05, 4.69) is 15.2 Å². The van der Waals surface area contributed by atoms with Gasteiger partial charge in [0.15, 0.2) is 0 Å². The molecule has 0 radical (unpaired) electrons. The summed E-state index contributed by atoms with van der Waals surface area (Å²) in [6.07, 6.45) is 1.46. The monoisotopic (exact) mass is 237 g/mol. The second-order valence-electron chi connectivity index (χ2n) is 2.86. The van der Waals surface area contributed by atoms with E-state index in [9.17, 15) is 10.1 Å². The Morgan fingerprint density at radius 3 is 2.88 bits per heavy atom. The first-order valence-corrected chi connectivity index (χ1v) is 5.06. The molecular weight excluding hydrogens is 230 g/mol. The fraction of sp³-hybridized carbons (Fsp3) is 0. The lowest BCUT2D eigenvalue weighted by Gasteiger charge is -2.00. The van der Waals surface area contributed by atoms with Crippen LogP contribution in [0.5, 0.6) is 0 Å². The Morgan fingerprint density at radius 1 is 1.50 bits per heavy atom. The summed E-state index contributed by atoms with van der Waals surface area (Å²) >= 11 is 1.27. The minimum absolute atomic E-state index is 0.0978. The Kier molecular flexibility index (Phi) is 2.73. The summed E-state index contributed by atoms with van der Waals surface area (Å²) in [6, 6.07) is 4.50. The number of nitrogen functional groups attached to an aromatic ring is 1. The highest BCUT2D eigenvalue weighted by Gasteiger charge is 2.12. The van der Waals surface area contributed by atoms with Gasteiger partial charge in [-0.1, -0.05) is 0 Å². The Morgan fingerprint density at radius 2 is 2.31 bits per heavy atom. The van der Waals surface area contributed by atoms with Crippen molar-refractivity contribution in [1.29, 1.82) is 0 Å². The van der Waals surface area contributed by atoms with Gasteiger partial charge in [-0.25, -0.2) is 4.98 Å². The molecule has 0 aliphatic carbocycles. The predicted octanol–water partition coefficient (Wildman–Crippen LogP) is 1.45. The maximum atomic E-state index is 10.5. The van der Waals surface area contributed by atoms with Crippen LogP contribution in [-0.4, -0.2) is 20.1 Å². The Hall–Kier alpha value is -2.09. The first kappa shape index (κ1) is 10.4. The molecule has 2 aromatic rings. The zero-order valence-electron chi connectivity index (χ0n) is 7.95. The van der Waals surface area contributed by atoms with E-state index in [0.717, 1.165) is 4.90 Å². The molecule has 7 nitrogen and oxygen atoms in total. The zero-order chi connectivity index (χ0) is 11.5. The van der Waals surface area contributed by atoms with Crippen LogP contribution in [0.25, 0.3) is 0 Å². The van der Waals surface area contributed by atoms with Crippen molar-refractivity contribution in [3.05, 3.63) is 34.6 Å². The number of nitro groups is 1. The molecule has 1 heterocycles. The van der Waals surface area contributed by atoms with E-state index in [1.165, 1.54) is 30.2 Å². The Bertz CT molecular complexity index is 513. The molecule has 0 aliphatic heterocycles. The summed E-state index contributed by atoms with van der Waals surface area (Å²) in [4.78, 5) is 14.7. The second kappa shape index (κ2) is 4.19. The molecule has 3 N–H and O–H groups in total. The number of nitrogens with two attached hydrogens (primary N) is 1. The molecule has 1 aromatic carbocycles. The number of hydrogen-bond acceptors (Lipinski definition) is 6. The molecule has 0 atom stereocenters. The number of benzene rings is 1. The number of H-pyrrole nitrogens is 1. The molecule has 16 heavy (non-hydrogen) atoms. The van der Waals surface area contributed by atoms with Gasteiger partial charge in [-0.3, -0.25) is 15.2 Å². The highest BCUT2D eigenvalue weighted by atomic mass is 32.2. The smallest absolute Gasteiger partial charge is 0.292 e. The number of aromatic nitrogens is 3. The van der Waals surface area contributed by atoms with Crippen LogP contribution in [0, 0.1) is 10.1 Å². The van der Waals surface area contributed by atoms with Gasteiger partial charge >= 0.3 is 0 Å². The molecule has 8 heteroatoms. The van der Waals surface area contributed by atoms with E-state index < -0.39 is 4.92 Å². The largest absolute Gasteiger partial charge is 0.393 e. The third-order valence-electron chi connectivity index (χ3n) is 1.80. The van der Waals surface area contributed by atoms with Crippen LogP contribution in [0.4, 0.5) is 11.4 Å². The number of nitrogens with one attached hydrogen (secondary N) is 1. The van der Waals surface area contributed by atoms with Gasteiger partial charge in [0.2, 0.25) is 5.16 Å². The summed E-state index contributed by atoms with van der Waals surface area (Å²) in [5, 5.41) is 17.5. The lowest BCUT2D eigenvalue weighted by atomic mass is 10.3. The standard InChI is InChI=1S/C8H7N5O2S/c9-6-3-5(1-2-7(6)13(14)15)16-8-10-4-11-12-8/h1-4H,9H2,(H,10,11,12). The van der Waals surface area contributed by atoms with Crippen LogP contribution >= 0.6 is 11.8 Å². The fourth-order valence-corrected chi connectivity index (χ4v) is 1.85. The van der Waals surface area contributed by atoms with E-state index in [1.807, 2.05) is 0 Å². The molecule has 0 amide bonds. The van der Waals surface area contributed by atoms with Crippen molar-refractivity contribution < 1.29 is 4.92 Å². The number of anilines is 1. The van der Waals surface area contributed by atoms with E-state index in [-0.39, 0.29) is 11.4 Å². The molecule has 0 saturated carbocycles. The number of nitrogens with zero attached hydrogens (tertiary/aromatic N) is 3. The summed E-state index contributed by atoms with van der Waals surface area (Å²) in [7, 11) is 0. The van der Waals surface area contributed by atoms with Crippen molar-refractivity contribution in [2.75, 3.05) is 5.73 Å². The van der Waals surface area contributed by atoms with Gasteiger partial charge in [-0.2, -0.15) is 0 Å². The van der Waals surface area contributed by atoms with Gasteiger partial charge in [0, 0.05) is 11.0 Å². The van der Waals surface area contributed by atoms with Gasteiger partial charge in [0.05, 0.1) is 4.92 Å². The molecule has 1 aromatic heterocycles. The maximum Gasteiger partial charge on any atom is 0.292 e. The van der Waals surface area contributed by atoms with Gasteiger partial charge in [-0.05, 0) is 23.9 Å². The summed E-state index contributed by atoms with van der Waals surface area (Å²) < 4.78 is 0. The Balaban J connectivity index is 2.24. The van der Waals surface area contributed by atoms with Crippen LogP contribution in [-0.2, 0) is 0 Å². The number of rotatable bonds is 3. The van der Waals surface area contributed by atoms with E-state index in [4.69, 9.17) is 5.73 Å². The molecule has 0 bridgehead atoms. The average molecular weight is 237 g/mol. The quantitative estimate of drug-likeness (QED) is 0.474. The van der Waals surface area contributed by atoms with Crippen LogP contribution < -0.4 is 5.73 Å². The van der Waals surface area contributed by atoms with Crippen LogP contribution in [0.3, 0.4) is 0 Å². The van der Waals surface area contributed by atoms with Crippen molar-refractivity contribution in [2.24, 2.45) is 0 Å². The average Bonchev–Trinajstić information content (AvgIpc) is 2.70. The third kappa shape index (κ3) is 2.11. The molecule has 0 spiro atoms. The molecule has 0 saturated heterocycles. The minimum Gasteiger partial charge on any atom is -0.393 e. The van der Waals surface area contributed by atoms with Crippen molar-refractivity contribution in [3.63, 3.8) is 0 Å². The topological polar surface area (TPSA) is 111 Å². The van der Waals surface area contributed by atoms with Gasteiger partial charge in [0.25, 0.3) is 5.69 Å². The SMILES string of the molecule is Nc1cc(Sc2nc[nH]n2)ccc1[N+](=O)[O-]. The van der Waals surface area contributed by atoms with Crippen molar-refractivity contribution in [3.8, 4) is 0 Å². The predicted molar refractivity (Wildman–Crippen MR) is 58.0 cm³/mol. The molecule has 0 fully saturated rings. The highest BCUT2D eigenvalue weighted by Crippen LogP contribution is 2.30. The zero-order valence-corrected chi connectivity index (χ0v) is 8.77. The first-order valence-electron chi connectivity index (χ1n) is 4.24. The number of aromatic amines is 1. The fourth-order valence-electron chi connectivity index (χ4n) is 1.11. The van der Waals surface area contributed by atoms with E-state index >= 15 is 0 Å². The summed E-state index contributed by atoms with van der Waals surface area (Å²) in [6.45, 7) is 0. The molecule has 82 valence electrons. The maximum absolute atomic E-state index is 10.5. The van der Waals surface area contributed by atoms with Crippen LogP contribution in [0.15, 0.2) is 34.6 Å². The third-order valence-corrected chi connectivity index (χ3v) is 2.67. The van der Waals surface area contributed by atoms with Gasteiger partial charge in [0.1, 0.15) is 12.0 Å². The van der Waals surface area contributed by atoms with Crippen molar-refractivity contribution in [1.82, 2.24) is 15.2 Å². The second-order valence-corrected chi connectivity index (χ2v) is 3.90. The molecule has 0 aliphatic rings. The normalized spacial score (nSPS) is 10.2.